The Morgan fingerprint density at radius 3 is 2.50 bits per heavy atom. The molecule has 0 saturated carbocycles. The van der Waals surface area contributed by atoms with Crippen LogP contribution in [0.5, 0.6) is 0 Å². The highest BCUT2D eigenvalue weighted by Gasteiger charge is 2.33. The van der Waals surface area contributed by atoms with Crippen molar-refractivity contribution in [1.82, 2.24) is 24.8 Å². The Bertz CT molecular complexity index is 882. The number of nitrogens with zero attached hydrogens (tertiary/aromatic N) is 4. The molecule has 1 amide bonds. The monoisotopic (exact) mass is 347 g/mol. The Hall–Kier alpha value is -3.02. The molecule has 2 aromatic heterocycles. The highest BCUT2D eigenvalue weighted by atomic mass is 16.2. The first-order valence-corrected chi connectivity index (χ1v) is 8.95. The van der Waals surface area contributed by atoms with E-state index in [0.29, 0.717) is 12.2 Å². The molecule has 1 saturated heterocycles. The van der Waals surface area contributed by atoms with Crippen LogP contribution in [-0.2, 0) is 4.79 Å². The molecule has 1 fully saturated rings. The third-order valence-corrected chi connectivity index (χ3v) is 4.68. The zero-order chi connectivity index (χ0) is 17.9. The van der Waals surface area contributed by atoms with Crippen molar-refractivity contribution in [2.45, 2.75) is 25.7 Å². The molecule has 0 radical (unpaired) electrons. The molecule has 0 unspecified atom stereocenters. The maximum atomic E-state index is 11.9. The number of likely N-dealkylation sites (tertiary alicyclic amines) is 1. The van der Waals surface area contributed by atoms with Crippen molar-refractivity contribution in [2.24, 2.45) is 0 Å². The van der Waals surface area contributed by atoms with Crippen LogP contribution in [0.1, 0.15) is 31.5 Å². The fourth-order valence-electron chi connectivity index (χ4n) is 3.12. The Kier molecular flexibility index (Phi) is 4.48. The largest absolute Gasteiger partial charge is 0.342 e. The number of carbonyl (C=O) groups excluding carboxylic acids is 1. The number of aromatic amines is 1. The van der Waals surface area contributed by atoms with Gasteiger partial charge in [0.05, 0.1) is 17.8 Å². The molecule has 1 N–H and O–H groups in total. The van der Waals surface area contributed by atoms with Gasteiger partial charge in [0.2, 0.25) is 5.91 Å². The van der Waals surface area contributed by atoms with E-state index in [1.807, 2.05) is 60.7 Å². The molecule has 26 heavy (non-hydrogen) atoms. The molecule has 6 nitrogen and oxygen atoms in total. The van der Waals surface area contributed by atoms with Crippen LogP contribution in [0, 0.1) is 0 Å². The molecule has 1 aliphatic rings. The summed E-state index contributed by atoms with van der Waals surface area (Å²) in [6.07, 6.45) is 6.95. The van der Waals surface area contributed by atoms with Gasteiger partial charge in [-0.15, -0.1) is 0 Å². The third-order valence-electron chi connectivity index (χ3n) is 4.68. The van der Waals surface area contributed by atoms with Gasteiger partial charge in [0, 0.05) is 43.0 Å². The van der Waals surface area contributed by atoms with Gasteiger partial charge in [-0.1, -0.05) is 37.3 Å². The first-order valence-electron chi connectivity index (χ1n) is 8.95. The summed E-state index contributed by atoms with van der Waals surface area (Å²) >= 11 is 0. The minimum absolute atomic E-state index is 0.237. The van der Waals surface area contributed by atoms with Crippen molar-refractivity contribution >= 4 is 5.91 Å². The molecule has 0 spiro atoms. The summed E-state index contributed by atoms with van der Waals surface area (Å²) in [6.45, 7) is 3.52. The molecule has 132 valence electrons. The Morgan fingerprint density at radius 2 is 1.81 bits per heavy atom. The number of carbonyl (C=O) groups is 1. The number of rotatable bonds is 5. The highest BCUT2D eigenvalue weighted by molar-refractivity contribution is 5.77. The van der Waals surface area contributed by atoms with Gasteiger partial charge in [-0.3, -0.25) is 4.79 Å². The number of hydrogen-bond donors (Lipinski definition) is 1. The number of aromatic nitrogens is 4. The summed E-state index contributed by atoms with van der Waals surface area (Å²) in [7, 11) is 0. The lowest BCUT2D eigenvalue weighted by Gasteiger charge is -2.38. The average Bonchev–Trinajstić information content (AvgIpc) is 3.11. The van der Waals surface area contributed by atoms with Crippen molar-refractivity contribution in [1.29, 1.82) is 0 Å². The van der Waals surface area contributed by atoms with Gasteiger partial charge in [-0.25, -0.2) is 15.0 Å². The minimum atomic E-state index is 0.237. The molecule has 1 aliphatic heterocycles. The van der Waals surface area contributed by atoms with Crippen molar-refractivity contribution in [3.05, 3.63) is 54.7 Å². The fraction of sp³-hybridized carbons (Fsp3) is 0.300. The van der Waals surface area contributed by atoms with Crippen molar-refractivity contribution in [2.75, 3.05) is 13.1 Å². The van der Waals surface area contributed by atoms with Gasteiger partial charge >= 0.3 is 0 Å². The maximum absolute atomic E-state index is 11.9. The number of imidazole rings is 1. The van der Waals surface area contributed by atoms with E-state index in [2.05, 4.69) is 19.9 Å². The summed E-state index contributed by atoms with van der Waals surface area (Å²) in [6, 6.07) is 9.90. The summed E-state index contributed by atoms with van der Waals surface area (Å²) in [5.41, 5.74) is 2.80. The van der Waals surface area contributed by atoms with Gasteiger partial charge in [0.15, 0.2) is 5.82 Å². The zero-order valence-electron chi connectivity index (χ0n) is 14.7. The van der Waals surface area contributed by atoms with Crippen molar-refractivity contribution in [3.8, 4) is 22.6 Å². The topological polar surface area (TPSA) is 74.8 Å². The lowest BCUT2D eigenvalue weighted by atomic mass is 9.99. The van der Waals surface area contributed by atoms with E-state index in [0.717, 1.165) is 42.2 Å². The van der Waals surface area contributed by atoms with Crippen molar-refractivity contribution in [3.63, 3.8) is 0 Å². The van der Waals surface area contributed by atoms with Crippen LogP contribution >= 0.6 is 0 Å². The molecule has 3 heterocycles. The third kappa shape index (κ3) is 3.22. The van der Waals surface area contributed by atoms with Crippen molar-refractivity contribution < 1.29 is 4.79 Å². The van der Waals surface area contributed by atoms with Crippen LogP contribution in [-0.4, -0.2) is 43.8 Å². The predicted octanol–water partition coefficient (Wildman–Crippen LogP) is 3.26. The molecule has 3 aromatic rings. The van der Waals surface area contributed by atoms with Crippen LogP contribution in [0.2, 0.25) is 0 Å². The first kappa shape index (κ1) is 16.4. The van der Waals surface area contributed by atoms with Crippen LogP contribution in [0.25, 0.3) is 22.6 Å². The molecular formula is C20H21N5O. The summed E-state index contributed by atoms with van der Waals surface area (Å²) in [4.78, 5) is 30.5. The van der Waals surface area contributed by atoms with E-state index >= 15 is 0 Å². The average molecular weight is 347 g/mol. The van der Waals surface area contributed by atoms with Gasteiger partial charge in [-0.05, 0) is 6.42 Å². The zero-order valence-corrected chi connectivity index (χ0v) is 14.7. The minimum Gasteiger partial charge on any atom is -0.342 e. The lowest BCUT2D eigenvalue weighted by Crippen LogP contribution is -2.48. The lowest BCUT2D eigenvalue weighted by molar-refractivity contribution is -0.135. The molecule has 6 heteroatoms. The first-order chi connectivity index (χ1) is 12.7. The van der Waals surface area contributed by atoms with Gasteiger partial charge in [-0.2, -0.15) is 0 Å². The molecule has 1 aromatic carbocycles. The second-order valence-electron chi connectivity index (χ2n) is 6.59. The summed E-state index contributed by atoms with van der Waals surface area (Å²) in [5, 5.41) is 0. The van der Waals surface area contributed by atoms with E-state index in [1.165, 1.54) is 0 Å². The number of nitrogens with one attached hydrogen (secondary N) is 1. The molecule has 0 atom stereocenters. The van der Waals surface area contributed by atoms with E-state index in [-0.39, 0.29) is 11.8 Å². The van der Waals surface area contributed by atoms with Crippen LogP contribution in [0.3, 0.4) is 0 Å². The van der Waals surface area contributed by atoms with E-state index < -0.39 is 0 Å². The van der Waals surface area contributed by atoms with Crippen LogP contribution < -0.4 is 0 Å². The maximum Gasteiger partial charge on any atom is 0.222 e. The van der Waals surface area contributed by atoms with E-state index in [1.54, 1.807) is 0 Å². The molecular weight excluding hydrogens is 326 g/mol. The smallest absolute Gasteiger partial charge is 0.222 e. The van der Waals surface area contributed by atoms with Crippen LogP contribution in [0.15, 0.2) is 48.9 Å². The number of H-pyrrole nitrogens is 1. The van der Waals surface area contributed by atoms with Gasteiger partial charge in [0.25, 0.3) is 0 Å². The molecule has 0 bridgehead atoms. The normalized spacial score (nSPS) is 14.3. The Morgan fingerprint density at radius 1 is 1.08 bits per heavy atom. The van der Waals surface area contributed by atoms with E-state index in [4.69, 9.17) is 0 Å². The number of amides is 1. The second kappa shape index (κ2) is 7.07. The predicted molar refractivity (Wildman–Crippen MR) is 99.3 cm³/mol. The molecule has 0 aliphatic carbocycles. The summed E-state index contributed by atoms with van der Waals surface area (Å²) < 4.78 is 0. The van der Waals surface area contributed by atoms with Crippen LogP contribution in [0.4, 0.5) is 0 Å². The second-order valence-corrected chi connectivity index (χ2v) is 6.59. The summed E-state index contributed by atoms with van der Waals surface area (Å²) in [5.74, 6) is 2.15. The number of benzene rings is 1. The number of hydrogen-bond acceptors (Lipinski definition) is 4. The fourth-order valence-corrected chi connectivity index (χ4v) is 3.12. The van der Waals surface area contributed by atoms with Gasteiger partial charge in [0.1, 0.15) is 5.82 Å². The SMILES string of the molecule is CCCC(=O)N1CC(c2ncc(-c3cnc(-c4ccccc4)nc3)[nH]2)C1. The quantitative estimate of drug-likeness (QED) is 0.769. The standard InChI is InChI=1S/C20H21N5O/c1-2-6-18(26)25-12-16(13-25)20-23-11-17(24-20)15-9-21-19(22-10-15)14-7-4-3-5-8-14/h3-5,7-11,16H,2,6,12-13H2,1H3,(H,23,24). The Balaban J connectivity index is 1.43. The van der Waals surface area contributed by atoms with Gasteiger partial charge < -0.3 is 9.88 Å². The van der Waals surface area contributed by atoms with E-state index in [9.17, 15) is 4.79 Å². The molecule has 4 rings (SSSR count). The Labute approximate surface area is 152 Å². The highest BCUT2D eigenvalue weighted by Crippen LogP contribution is 2.27.